The second-order valence-corrected chi connectivity index (χ2v) is 6.91. The number of fused-ring (bicyclic) bond motifs is 3. The average molecular weight is 373 g/mol. The number of carboxylic acid groups (broad SMARTS) is 1. The van der Waals surface area contributed by atoms with Gasteiger partial charge in [-0.1, -0.05) is 24.3 Å². The Morgan fingerprint density at radius 2 is 1.81 bits per heavy atom. The second kappa shape index (κ2) is 6.44. The number of hydrogen-bond donors (Lipinski definition) is 1. The third kappa shape index (κ3) is 3.09. The molecule has 0 fully saturated rings. The second-order valence-electron chi connectivity index (χ2n) is 6.91. The van der Waals surface area contributed by atoms with Crippen molar-refractivity contribution < 1.29 is 23.1 Å². The molecule has 1 aliphatic rings. The molecule has 2 aromatic carbocycles. The first kappa shape index (κ1) is 17.6. The van der Waals surface area contributed by atoms with E-state index in [0.29, 0.717) is 5.52 Å². The van der Waals surface area contributed by atoms with Crippen LogP contribution in [0, 0.1) is 0 Å². The molecule has 1 N–H and O–H groups in total. The highest BCUT2D eigenvalue weighted by Gasteiger charge is 2.33. The Hall–Kier alpha value is -2.76. The zero-order valence-corrected chi connectivity index (χ0v) is 14.5. The van der Waals surface area contributed by atoms with Crippen molar-refractivity contribution in [2.24, 2.45) is 0 Å². The Labute approximate surface area is 154 Å². The van der Waals surface area contributed by atoms with Crippen molar-refractivity contribution in [2.75, 3.05) is 0 Å². The molecule has 1 aromatic heterocycles. The van der Waals surface area contributed by atoms with E-state index in [1.165, 1.54) is 12.1 Å². The van der Waals surface area contributed by atoms with Crippen LogP contribution < -0.4 is 0 Å². The van der Waals surface area contributed by atoms with Crippen LogP contribution >= 0.6 is 0 Å². The maximum atomic E-state index is 13.4. The van der Waals surface area contributed by atoms with Gasteiger partial charge >= 0.3 is 12.1 Å². The molecule has 0 unspecified atom stereocenters. The Morgan fingerprint density at radius 1 is 1.07 bits per heavy atom. The molecule has 0 saturated heterocycles. The Bertz CT molecular complexity index is 1030. The molecule has 6 heteroatoms. The summed E-state index contributed by atoms with van der Waals surface area (Å²) in [4.78, 5) is 11.4. The summed E-state index contributed by atoms with van der Waals surface area (Å²) < 4.78 is 42.1. The predicted molar refractivity (Wildman–Crippen MR) is 96.1 cm³/mol. The van der Waals surface area contributed by atoms with E-state index in [4.69, 9.17) is 0 Å². The van der Waals surface area contributed by atoms with Gasteiger partial charge < -0.3 is 9.67 Å². The number of aromatic nitrogens is 1. The molecule has 1 heterocycles. The van der Waals surface area contributed by atoms with Crippen LogP contribution in [0.25, 0.3) is 10.9 Å². The number of rotatable bonds is 3. The number of nitrogens with zero attached hydrogens (tertiary/aromatic N) is 1. The molecular weight excluding hydrogens is 355 g/mol. The molecule has 27 heavy (non-hydrogen) atoms. The minimum absolute atomic E-state index is 0.0740. The summed E-state index contributed by atoms with van der Waals surface area (Å²) in [5.41, 5.74) is 2.54. The van der Waals surface area contributed by atoms with Crippen LogP contribution in [-0.4, -0.2) is 15.6 Å². The van der Waals surface area contributed by atoms with Gasteiger partial charge in [0.25, 0.3) is 0 Å². The maximum Gasteiger partial charge on any atom is 0.416 e. The number of benzene rings is 2. The van der Waals surface area contributed by atoms with Crippen LogP contribution in [0.4, 0.5) is 13.2 Å². The highest BCUT2D eigenvalue weighted by atomic mass is 19.4. The SMILES string of the molecule is O=C(O)c1ccc2c3c(n(Cc4ccccc4C(F)(F)F)c2c1)CCCC3. The average Bonchev–Trinajstić information content (AvgIpc) is 2.95. The fourth-order valence-corrected chi connectivity index (χ4v) is 4.05. The minimum atomic E-state index is -4.42. The Morgan fingerprint density at radius 3 is 2.56 bits per heavy atom. The van der Waals surface area contributed by atoms with Crippen molar-refractivity contribution in [3.8, 4) is 0 Å². The minimum Gasteiger partial charge on any atom is -0.478 e. The highest BCUT2D eigenvalue weighted by molar-refractivity contribution is 5.95. The van der Waals surface area contributed by atoms with Crippen molar-refractivity contribution in [1.82, 2.24) is 4.57 Å². The molecule has 0 atom stereocenters. The van der Waals surface area contributed by atoms with Crippen LogP contribution in [0.1, 0.15) is 45.6 Å². The lowest BCUT2D eigenvalue weighted by Crippen LogP contribution is -2.14. The van der Waals surface area contributed by atoms with Crippen LogP contribution in [0.2, 0.25) is 0 Å². The Balaban J connectivity index is 1.91. The molecule has 140 valence electrons. The predicted octanol–water partition coefficient (Wildman–Crippen LogP) is 5.29. The smallest absolute Gasteiger partial charge is 0.416 e. The number of alkyl halides is 3. The van der Waals surface area contributed by atoms with Crippen molar-refractivity contribution in [3.05, 3.63) is 70.4 Å². The molecule has 0 amide bonds. The molecule has 0 radical (unpaired) electrons. The fourth-order valence-electron chi connectivity index (χ4n) is 4.05. The molecule has 0 bridgehead atoms. The summed E-state index contributed by atoms with van der Waals surface area (Å²) in [6.07, 6.45) is -0.749. The van der Waals surface area contributed by atoms with E-state index in [9.17, 15) is 23.1 Å². The molecule has 3 nitrogen and oxygen atoms in total. The van der Waals surface area contributed by atoms with Gasteiger partial charge in [0.15, 0.2) is 0 Å². The Kier molecular flexibility index (Phi) is 4.21. The first-order chi connectivity index (χ1) is 12.9. The lowest BCUT2D eigenvalue weighted by Gasteiger charge is -2.18. The zero-order chi connectivity index (χ0) is 19.2. The van der Waals surface area contributed by atoms with E-state index in [1.54, 1.807) is 24.3 Å². The van der Waals surface area contributed by atoms with E-state index >= 15 is 0 Å². The number of halogens is 3. The molecule has 0 spiro atoms. The number of aryl methyl sites for hydroxylation is 1. The van der Waals surface area contributed by atoms with E-state index in [1.807, 2.05) is 4.57 Å². The molecule has 4 rings (SSSR count). The monoisotopic (exact) mass is 373 g/mol. The first-order valence-electron chi connectivity index (χ1n) is 8.88. The normalized spacial score (nSPS) is 14.3. The van der Waals surface area contributed by atoms with Crippen molar-refractivity contribution >= 4 is 16.9 Å². The summed E-state index contributed by atoms with van der Waals surface area (Å²) in [6, 6.07) is 10.5. The zero-order valence-electron chi connectivity index (χ0n) is 14.5. The maximum absolute atomic E-state index is 13.4. The molecular formula is C21H18F3NO2. The third-order valence-corrected chi connectivity index (χ3v) is 5.28. The number of hydrogen-bond acceptors (Lipinski definition) is 1. The summed E-state index contributed by atoms with van der Waals surface area (Å²) in [5.74, 6) is -1.04. The van der Waals surface area contributed by atoms with Gasteiger partial charge in [-0.3, -0.25) is 0 Å². The summed E-state index contributed by atoms with van der Waals surface area (Å²) in [6.45, 7) is 0.0740. The topological polar surface area (TPSA) is 42.2 Å². The van der Waals surface area contributed by atoms with Crippen molar-refractivity contribution in [2.45, 2.75) is 38.4 Å². The van der Waals surface area contributed by atoms with Crippen molar-refractivity contribution in [3.63, 3.8) is 0 Å². The van der Waals surface area contributed by atoms with Crippen molar-refractivity contribution in [1.29, 1.82) is 0 Å². The largest absolute Gasteiger partial charge is 0.478 e. The summed E-state index contributed by atoms with van der Waals surface area (Å²) in [7, 11) is 0. The van der Waals surface area contributed by atoms with E-state index in [-0.39, 0.29) is 17.7 Å². The van der Waals surface area contributed by atoms with Gasteiger partial charge in [0.05, 0.1) is 11.1 Å². The van der Waals surface area contributed by atoms with Gasteiger partial charge in [0.2, 0.25) is 0 Å². The third-order valence-electron chi connectivity index (χ3n) is 5.28. The molecule has 0 saturated carbocycles. The van der Waals surface area contributed by atoms with Crippen LogP contribution in [0.15, 0.2) is 42.5 Å². The van der Waals surface area contributed by atoms with E-state index in [2.05, 4.69) is 0 Å². The van der Waals surface area contributed by atoms with E-state index < -0.39 is 17.7 Å². The quantitative estimate of drug-likeness (QED) is 0.678. The van der Waals surface area contributed by atoms with Gasteiger partial charge in [0.1, 0.15) is 0 Å². The van der Waals surface area contributed by atoms with Gasteiger partial charge in [-0.15, -0.1) is 0 Å². The molecule has 0 aliphatic heterocycles. The molecule has 1 aliphatic carbocycles. The lowest BCUT2D eigenvalue weighted by molar-refractivity contribution is -0.138. The van der Waals surface area contributed by atoms with Crippen LogP contribution in [0.5, 0.6) is 0 Å². The van der Waals surface area contributed by atoms with Gasteiger partial charge in [-0.2, -0.15) is 13.2 Å². The van der Waals surface area contributed by atoms with Crippen LogP contribution in [0.3, 0.4) is 0 Å². The molecule has 3 aromatic rings. The van der Waals surface area contributed by atoms with Gasteiger partial charge in [0, 0.05) is 23.1 Å². The standard InChI is InChI=1S/C21H18F3NO2/c22-21(23,24)17-7-3-1-5-14(17)12-25-18-8-4-2-6-15(18)16-10-9-13(20(26)27)11-19(16)25/h1,3,5,7,9-11H,2,4,6,8,12H2,(H,26,27). The lowest BCUT2D eigenvalue weighted by atomic mass is 9.95. The number of carbonyl (C=O) groups is 1. The fraction of sp³-hybridized carbons (Fsp3) is 0.286. The highest BCUT2D eigenvalue weighted by Crippen LogP contribution is 2.36. The first-order valence-corrected chi connectivity index (χ1v) is 8.88. The summed E-state index contributed by atoms with van der Waals surface area (Å²) in [5, 5.41) is 10.3. The number of aromatic carboxylic acids is 1. The van der Waals surface area contributed by atoms with Crippen LogP contribution in [-0.2, 0) is 25.6 Å². The summed E-state index contributed by atoms with van der Waals surface area (Å²) >= 11 is 0. The number of carboxylic acids is 1. The van der Waals surface area contributed by atoms with Gasteiger partial charge in [-0.05, 0) is 55.0 Å². The van der Waals surface area contributed by atoms with E-state index in [0.717, 1.165) is 48.4 Å². The van der Waals surface area contributed by atoms with Gasteiger partial charge in [-0.25, -0.2) is 4.79 Å².